The van der Waals surface area contributed by atoms with Gasteiger partial charge in [0.2, 0.25) is 0 Å². The summed E-state index contributed by atoms with van der Waals surface area (Å²) >= 11 is 0. The van der Waals surface area contributed by atoms with Gasteiger partial charge in [-0.15, -0.1) is 0 Å². The molecule has 2 heterocycles. The van der Waals surface area contributed by atoms with Gasteiger partial charge in [0.05, 0.1) is 6.33 Å². The summed E-state index contributed by atoms with van der Waals surface area (Å²) in [4.78, 5) is 15.2. The second kappa shape index (κ2) is 4.64. The molecule has 3 rings (SSSR count). The SMILES string of the molecule is Cc1ccc(F)cc1CNc1ncnc2nc[nH]c12. The first-order valence-corrected chi connectivity index (χ1v) is 5.87. The summed E-state index contributed by atoms with van der Waals surface area (Å²) in [6, 6.07) is 4.74. The fourth-order valence-electron chi connectivity index (χ4n) is 1.91. The van der Waals surface area contributed by atoms with Crippen molar-refractivity contribution in [2.24, 2.45) is 0 Å². The molecule has 0 amide bonds. The number of rotatable bonds is 3. The van der Waals surface area contributed by atoms with Crippen LogP contribution in [0.4, 0.5) is 10.2 Å². The lowest BCUT2D eigenvalue weighted by atomic mass is 10.1. The van der Waals surface area contributed by atoms with Gasteiger partial charge in [-0.25, -0.2) is 19.3 Å². The van der Waals surface area contributed by atoms with Gasteiger partial charge in [-0.1, -0.05) is 6.07 Å². The third-order valence-electron chi connectivity index (χ3n) is 2.98. The van der Waals surface area contributed by atoms with Crippen LogP contribution in [-0.4, -0.2) is 19.9 Å². The Morgan fingerprint density at radius 3 is 3.05 bits per heavy atom. The number of fused-ring (bicyclic) bond motifs is 1. The number of H-pyrrole nitrogens is 1. The fraction of sp³-hybridized carbons (Fsp3) is 0.154. The van der Waals surface area contributed by atoms with E-state index in [-0.39, 0.29) is 5.82 Å². The van der Waals surface area contributed by atoms with Crippen LogP contribution in [0.15, 0.2) is 30.9 Å². The molecule has 96 valence electrons. The first kappa shape index (κ1) is 11.6. The number of benzene rings is 1. The second-order valence-corrected chi connectivity index (χ2v) is 4.25. The molecule has 6 heteroatoms. The van der Waals surface area contributed by atoms with Crippen LogP contribution in [-0.2, 0) is 6.54 Å². The molecule has 0 spiro atoms. The van der Waals surface area contributed by atoms with Crippen LogP contribution < -0.4 is 5.32 Å². The standard InChI is InChI=1S/C13H12FN5/c1-8-2-3-10(14)4-9(8)5-15-12-11-13(17-6-16-11)19-7-18-12/h2-4,6-7H,5H2,1H3,(H2,15,16,17,18,19). The van der Waals surface area contributed by atoms with Gasteiger partial charge >= 0.3 is 0 Å². The van der Waals surface area contributed by atoms with Crippen molar-refractivity contribution in [1.29, 1.82) is 0 Å². The zero-order chi connectivity index (χ0) is 13.2. The zero-order valence-corrected chi connectivity index (χ0v) is 10.3. The van der Waals surface area contributed by atoms with E-state index in [1.165, 1.54) is 18.5 Å². The maximum atomic E-state index is 13.2. The Morgan fingerprint density at radius 1 is 1.26 bits per heavy atom. The van der Waals surface area contributed by atoms with Gasteiger partial charge in [-0.05, 0) is 30.2 Å². The van der Waals surface area contributed by atoms with E-state index in [0.717, 1.165) is 16.6 Å². The Balaban J connectivity index is 1.86. The van der Waals surface area contributed by atoms with Crippen LogP contribution in [0, 0.1) is 12.7 Å². The number of aromatic nitrogens is 4. The Bertz CT molecular complexity index is 722. The summed E-state index contributed by atoms with van der Waals surface area (Å²) in [6.45, 7) is 2.44. The quantitative estimate of drug-likeness (QED) is 0.756. The Hall–Kier alpha value is -2.50. The molecular formula is C13H12FN5. The van der Waals surface area contributed by atoms with Gasteiger partial charge in [-0.3, -0.25) is 0 Å². The lowest BCUT2D eigenvalue weighted by Crippen LogP contribution is -2.04. The lowest BCUT2D eigenvalue weighted by molar-refractivity contribution is 0.625. The monoisotopic (exact) mass is 257 g/mol. The third-order valence-corrected chi connectivity index (χ3v) is 2.98. The minimum absolute atomic E-state index is 0.239. The minimum atomic E-state index is -0.239. The van der Waals surface area contributed by atoms with Crippen LogP contribution in [0.25, 0.3) is 11.2 Å². The highest BCUT2D eigenvalue weighted by Crippen LogP contribution is 2.17. The molecule has 0 aliphatic rings. The van der Waals surface area contributed by atoms with Crippen molar-refractivity contribution in [3.8, 4) is 0 Å². The van der Waals surface area contributed by atoms with Crippen LogP contribution in [0.3, 0.4) is 0 Å². The van der Waals surface area contributed by atoms with E-state index in [9.17, 15) is 4.39 Å². The molecule has 0 radical (unpaired) electrons. The van der Waals surface area contributed by atoms with Crippen molar-refractivity contribution in [3.05, 3.63) is 47.8 Å². The summed E-state index contributed by atoms with van der Waals surface area (Å²) in [7, 11) is 0. The molecule has 0 fully saturated rings. The van der Waals surface area contributed by atoms with Crippen molar-refractivity contribution in [2.45, 2.75) is 13.5 Å². The Labute approximate surface area is 108 Å². The number of aryl methyl sites for hydroxylation is 1. The zero-order valence-electron chi connectivity index (χ0n) is 10.3. The molecule has 3 aromatic rings. The molecular weight excluding hydrogens is 245 g/mol. The number of hydrogen-bond acceptors (Lipinski definition) is 4. The average Bonchev–Trinajstić information content (AvgIpc) is 2.88. The normalized spacial score (nSPS) is 10.8. The third kappa shape index (κ3) is 2.24. The average molecular weight is 257 g/mol. The predicted molar refractivity (Wildman–Crippen MR) is 70.1 cm³/mol. The van der Waals surface area contributed by atoms with Crippen LogP contribution in [0.1, 0.15) is 11.1 Å². The first-order chi connectivity index (χ1) is 9.24. The summed E-state index contributed by atoms with van der Waals surface area (Å²) in [5, 5.41) is 3.17. The highest BCUT2D eigenvalue weighted by atomic mass is 19.1. The van der Waals surface area contributed by atoms with Crippen LogP contribution >= 0.6 is 0 Å². The minimum Gasteiger partial charge on any atom is -0.364 e. The van der Waals surface area contributed by atoms with Crippen molar-refractivity contribution in [3.63, 3.8) is 0 Å². The highest BCUT2D eigenvalue weighted by Gasteiger charge is 2.06. The van der Waals surface area contributed by atoms with Gasteiger partial charge in [0.1, 0.15) is 17.7 Å². The van der Waals surface area contributed by atoms with Crippen molar-refractivity contribution >= 4 is 17.0 Å². The van der Waals surface area contributed by atoms with Crippen molar-refractivity contribution in [1.82, 2.24) is 19.9 Å². The van der Waals surface area contributed by atoms with E-state index in [4.69, 9.17) is 0 Å². The van der Waals surface area contributed by atoms with Crippen LogP contribution in [0.2, 0.25) is 0 Å². The maximum absolute atomic E-state index is 13.2. The highest BCUT2D eigenvalue weighted by molar-refractivity contribution is 5.81. The smallest absolute Gasteiger partial charge is 0.182 e. The maximum Gasteiger partial charge on any atom is 0.182 e. The molecule has 0 saturated heterocycles. The number of nitrogens with one attached hydrogen (secondary N) is 2. The molecule has 0 saturated carbocycles. The van der Waals surface area contributed by atoms with E-state index in [0.29, 0.717) is 18.0 Å². The number of aromatic amines is 1. The largest absolute Gasteiger partial charge is 0.364 e. The lowest BCUT2D eigenvalue weighted by Gasteiger charge is -2.08. The molecule has 19 heavy (non-hydrogen) atoms. The van der Waals surface area contributed by atoms with Gasteiger partial charge < -0.3 is 10.3 Å². The number of halogens is 1. The molecule has 0 unspecified atom stereocenters. The number of hydrogen-bond donors (Lipinski definition) is 2. The topological polar surface area (TPSA) is 66.5 Å². The first-order valence-electron chi connectivity index (χ1n) is 5.87. The fourth-order valence-corrected chi connectivity index (χ4v) is 1.91. The van der Waals surface area contributed by atoms with E-state index >= 15 is 0 Å². The summed E-state index contributed by atoms with van der Waals surface area (Å²) in [5.74, 6) is 0.419. The second-order valence-electron chi connectivity index (χ2n) is 4.25. The van der Waals surface area contributed by atoms with E-state index in [2.05, 4.69) is 25.3 Å². The molecule has 2 N–H and O–H groups in total. The summed E-state index contributed by atoms with van der Waals surface area (Å²) in [6.07, 6.45) is 3.02. The van der Waals surface area contributed by atoms with Gasteiger partial charge in [0, 0.05) is 6.54 Å². The van der Waals surface area contributed by atoms with Crippen LogP contribution in [0.5, 0.6) is 0 Å². The van der Waals surface area contributed by atoms with Crippen molar-refractivity contribution in [2.75, 3.05) is 5.32 Å². The number of anilines is 1. The molecule has 2 aromatic heterocycles. The Kier molecular flexibility index (Phi) is 2.83. The predicted octanol–water partition coefficient (Wildman–Crippen LogP) is 2.41. The molecule has 0 aliphatic carbocycles. The number of nitrogens with zero attached hydrogens (tertiary/aromatic N) is 3. The van der Waals surface area contributed by atoms with E-state index in [1.54, 1.807) is 12.4 Å². The molecule has 0 bridgehead atoms. The number of imidazole rings is 1. The molecule has 0 aliphatic heterocycles. The molecule has 5 nitrogen and oxygen atoms in total. The van der Waals surface area contributed by atoms with E-state index < -0.39 is 0 Å². The van der Waals surface area contributed by atoms with Gasteiger partial charge in [0.25, 0.3) is 0 Å². The van der Waals surface area contributed by atoms with Crippen molar-refractivity contribution < 1.29 is 4.39 Å². The summed E-state index contributed by atoms with van der Waals surface area (Å²) < 4.78 is 13.2. The van der Waals surface area contributed by atoms with Gasteiger partial charge in [-0.2, -0.15) is 0 Å². The molecule has 0 atom stereocenters. The van der Waals surface area contributed by atoms with Gasteiger partial charge in [0.15, 0.2) is 11.5 Å². The molecule has 1 aromatic carbocycles. The summed E-state index contributed by atoms with van der Waals surface area (Å²) in [5.41, 5.74) is 3.28. The Morgan fingerprint density at radius 2 is 2.16 bits per heavy atom. The van der Waals surface area contributed by atoms with E-state index in [1.807, 2.05) is 6.92 Å².